The predicted molar refractivity (Wildman–Crippen MR) is 77.1 cm³/mol. The van der Waals surface area contributed by atoms with Gasteiger partial charge in [0.25, 0.3) is 5.22 Å². The first-order valence-corrected chi connectivity index (χ1v) is 8.63. The molecule has 0 fully saturated rings. The van der Waals surface area contributed by atoms with Gasteiger partial charge in [0.05, 0.1) is 5.75 Å². The van der Waals surface area contributed by atoms with Crippen LogP contribution in [0.25, 0.3) is 11.1 Å². The SMILES string of the molecule is Cc1cc(Cl)cc2nc(SCCCS(N)(=O)=O)oc12. The molecule has 0 saturated carbocycles. The maximum absolute atomic E-state index is 10.8. The molecule has 0 bridgehead atoms. The molecule has 0 aliphatic heterocycles. The summed E-state index contributed by atoms with van der Waals surface area (Å²) < 4.78 is 27.2. The monoisotopic (exact) mass is 320 g/mol. The number of fused-ring (bicyclic) bond motifs is 1. The molecule has 104 valence electrons. The zero-order chi connectivity index (χ0) is 14.0. The van der Waals surface area contributed by atoms with E-state index >= 15 is 0 Å². The second-order valence-corrected chi connectivity index (χ2v) is 7.34. The van der Waals surface area contributed by atoms with Gasteiger partial charge in [-0.25, -0.2) is 18.5 Å². The van der Waals surface area contributed by atoms with Gasteiger partial charge in [0.2, 0.25) is 10.0 Å². The van der Waals surface area contributed by atoms with Gasteiger partial charge < -0.3 is 4.42 Å². The first-order valence-electron chi connectivity index (χ1n) is 5.55. The number of hydrogen-bond donors (Lipinski definition) is 1. The standard InChI is InChI=1S/C11H13ClN2O3S2/c1-7-5-8(12)6-9-10(7)17-11(14-9)18-3-2-4-19(13,15)16/h5-6H,2-4H2,1H3,(H2,13,15,16). The van der Waals surface area contributed by atoms with Crippen molar-refractivity contribution in [2.45, 2.75) is 18.6 Å². The largest absolute Gasteiger partial charge is 0.431 e. The average Bonchev–Trinajstić information content (AvgIpc) is 2.66. The normalized spacial score (nSPS) is 12.2. The van der Waals surface area contributed by atoms with Gasteiger partial charge in [0.15, 0.2) is 5.58 Å². The van der Waals surface area contributed by atoms with Crippen LogP contribution in [0.1, 0.15) is 12.0 Å². The Kier molecular flexibility index (Phi) is 4.39. The lowest BCUT2D eigenvalue weighted by molar-refractivity contribution is 0.488. The van der Waals surface area contributed by atoms with Crippen LogP contribution in [0.4, 0.5) is 0 Å². The Balaban J connectivity index is 2.04. The van der Waals surface area contributed by atoms with Crippen molar-refractivity contribution in [1.82, 2.24) is 4.98 Å². The van der Waals surface area contributed by atoms with Crippen LogP contribution in [0, 0.1) is 6.92 Å². The van der Waals surface area contributed by atoms with Crippen molar-refractivity contribution in [2.24, 2.45) is 5.14 Å². The van der Waals surface area contributed by atoms with Crippen LogP contribution in [-0.4, -0.2) is 24.9 Å². The molecule has 19 heavy (non-hydrogen) atoms. The van der Waals surface area contributed by atoms with Crippen LogP contribution in [-0.2, 0) is 10.0 Å². The lowest BCUT2D eigenvalue weighted by atomic mass is 10.2. The molecule has 2 aromatic rings. The minimum Gasteiger partial charge on any atom is -0.431 e. The number of nitrogens with two attached hydrogens (primary N) is 1. The van der Waals surface area contributed by atoms with Gasteiger partial charge in [-0.15, -0.1) is 0 Å². The number of oxazole rings is 1. The summed E-state index contributed by atoms with van der Waals surface area (Å²) in [4.78, 5) is 4.30. The number of nitrogens with zero attached hydrogens (tertiary/aromatic N) is 1. The van der Waals surface area contributed by atoms with Crippen molar-refractivity contribution < 1.29 is 12.8 Å². The van der Waals surface area contributed by atoms with Gasteiger partial charge in [-0.2, -0.15) is 0 Å². The molecular formula is C11H13ClN2O3S2. The van der Waals surface area contributed by atoms with E-state index in [9.17, 15) is 8.42 Å². The number of hydrogen-bond acceptors (Lipinski definition) is 5. The van der Waals surface area contributed by atoms with E-state index < -0.39 is 10.0 Å². The Labute approximate surface area is 120 Å². The fraction of sp³-hybridized carbons (Fsp3) is 0.364. The highest BCUT2D eigenvalue weighted by Gasteiger charge is 2.10. The molecule has 0 spiro atoms. The van der Waals surface area contributed by atoms with Crippen LogP contribution < -0.4 is 5.14 Å². The molecule has 8 heteroatoms. The number of aryl methyl sites for hydroxylation is 1. The molecule has 2 N–H and O–H groups in total. The van der Waals surface area contributed by atoms with Gasteiger partial charge >= 0.3 is 0 Å². The number of thioether (sulfide) groups is 1. The highest BCUT2D eigenvalue weighted by Crippen LogP contribution is 2.28. The van der Waals surface area contributed by atoms with Crippen molar-refractivity contribution in [3.05, 3.63) is 22.7 Å². The van der Waals surface area contributed by atoms with E-state index in [1.807, 2.05) is 13.0 Å². The molecule has 0 amide bonds. The van der Waals surface area contributed by atoms with Gasteiger partial charge in [-0.3, -0.25) is 0 Å². The zero-order valence-corrected chi connectivity index (χ0v) is 12.6. The van der Waals surface area contributed by atoms with E-state index in [2.05, 4.69) is 4.98 Å². The van der Waals surface area contributed by atoms with E-state index in [0.29, 0.717) is 33.5 Å². The van der Waals surface area contributed by atoms with E-state index in [0.717, 1.165) is 5.56 Å². The summed E-state index contributed by atoms with van der Waals surface area (Å²) in [5.41, 5.74) is 2.34. The fourth-order valence-corrected chi connectivity index (χ4v) is 3.38. The van der Waals surface area contributed by atoms with Crippen LogP contribution in [0.3, 0.4) is 0 Å². The molecule has 1 aromatic heterocycles. The van der Waals surface area contributed by atoms with Crippen LogP contribution in [0.2, 0.25) is 5.02 Å². The first kappa shape index (κ1) is 14.6. The van der Waals surface area contributed by atoms with Crippen molar-refractivity contribution in [3.63, 3.8) is 0 Å². The summed E-state index contributed by atoms with van der Waals surface area (Å²) >= 11 is 7.30. The number of benzene rings is 1. The summed E-state index contributed by atoms with van der Waals surface area (Å²) in [6.07, 6.45) is 0.460. The van der Waals surface area contributed by atoms with Crippen molar-refractivity contribution in [3.8, 4) is 0 Å². The van der Waals surface area contributed by atoms with Crippen molar-refractivity contribution in [1.29, 1.82) is 0 Å². The smallest absolute Gasteiger partial charge is 0.256 e. The molecule has 0 radical (unpaired) electrons. The summed E-state index contributed by atoms with van der Waals surface area (Å²) in [6.45, 7) is 1.90. The Bertz CT molecular complexity index is 697. The Morgan fingerprint density at radius 3 is 2.89 bits per heavy atom. The molecular weight excluding hydrogens is 308 g/mol. The van der Waals surface area contributed by atoms with Crippen LogP contribution in [0.15, 0.2) is 21.8 Å². The molecule has 0 saturated heterocycles. The predicted octanol–water partition coefficient (Wildman–Crippen LogP) is 2.56. The average molecular weight is 321 g/mol. The molecule has 0 aliphatic rings. The number of primary sulfonamides is 1. The quantitative estimate of drug-likeness (QED) is 0.676. The molecule has 0 atom stereocenters. The van der Waals surface area contributed by atoms with Crippen LogP contribution in [0.5, 0.6) is 0 Å². The van der Waals surface area contributed by atoms with Crippen molar-refractivity contribution >= 4 is 44.5 Å². The number of halogens is 1. The highest BCUT2D eigenvalue weighted by molar-refractivity contribution is 7.99. The van der Waals surface area contributed by atoms with E-state index in [-0.39, 0.29) is 5.75 Å². The lowest BCUT2D eigenvalue weighted by Gasteiger charge is -1.96. The summed E-state index contributed by atoms with van der Waals surface area (Å²) in [5.74, 6) is 0.543. The third-order valence-electron chi connectivity index (χ3n) is 2.42. The number of aromatic nitrogens is 1. The highest BCUT2D eigenvalue weighted by atomic mass is 35.5. The van der Waals surface area contributed by atoms with E-state index in [1.165, 1.54) is 11.8 Å². The summed E-state index contributed by atoms with van der Waals surface area (Å²) in [5, 5.41) is 6.05. The number of sulfonamides is 1. The zero-order valence-electron chi connectivity index (χ0n) is 10.2. The van der Waals surface area contributed by atoms with Gasteiger partial charge in [-0.1, -0.05) is 23.4 Å². The molecule has 0 unspecified atom stereocenters. The van der Waals surface area contributed by atoms with E-state index in [4.69, 9.17) is 21.2 Å². The Hall–Kier alpha value is -0.760. The molecule has 1 aromatic carbocycles. The minimum absolute atomic E-state index is 0.0366. The Morgan fingerprint density at radius 2 is 2.21 bits per heavy atom. The maximum atomic E-state index is 10.8. The van der Waals surface area contributed by atoms with E-state index in [1.54, 1.807) is 6.07 Å². The van der Waals surface area contributed by atoms with Crippen molar-refractivity contribution in [2.75, 3.05) is 11.5 Å². The maximum Gasteiger partial charge on any atom is 0.256 e. The third-order valence-corrected chi connectivity index (χ3v) is 4.41. The first-order chi connectivity index (χ1) is 8.85. The third kappa shape index (κ3) is 4.10. The summed E-state index contributed by atoms with van der Waals surface area (Å²) in [6, 6.07) is 3.55. The molecule has 5 nitrogen and oxygen atoms in total. The topological polar surface area (TPSA) is 86.2 Å². The van der Waals surface area contributed by atoms with Crippen LogP contribution >= 0.6 is 23.4 Å². The van der Waals surface area contributed by atoms with Gasteiger partial charge in [-0.05, 0) is 31.0 Å². The molecule has 1 heterocycles. The summed E-state index contributed by atoms with van der Waals surface area (Å²) in [7, 11) is -3.40. The van der Waals surface area contributed by atoms with Gasteiger partial charge in [0.1, 0.15) is 5.52 Å². The van der Waals surface area contributed by atoms with Gasteiger partial charge in [0, 0.05) is 10.8 Å². The number of rotatable bonds is 5. The Morgan fingerprint density at radius 1 is 1.47 bits per heavy atom. The molecule has 0 aliphatic carbocycles. The lowest BCUT2D eigenvalue weighted by Crippen LogP contribution is -2.16. The second-order valence-electron chi connectivity index (χ2n) is 4.12. The fourth-order valence-electron chi connectivity index (χ4n) is 1.62. The molecule has 2 rings (SSSR count). The second kappa shape index (κ2) is 5.70. The minimum atomic E-state index is -3.40.